The molecule has 0 saturated heterocycles. The lowest BCUT2D eigenvalue weighted by atomic mass is 9.93. The van der Waals surface area contributed by atoms with E-state index in [2.05, 4.69) is 5.32 Å². The Morgan fingerprint density at radius 1 is 1.06 bits per heavy atom. The molecule has 0 aliphatic carbocycles. The number of anilines is 1. The second kappa shape index (κ2) is 8.57. The molecule has 2 aromatic heterocycles. The molecule has 1 aliphatic rings. The summed E-state index contributed by atoms with van der Waals surface area (Å²) < 4.78 is 1.67. The Morgan fingerprint density at radius 3 is 2.56 bits per heavy atom. The Morgan fingerprint density at radius 2 is 1.85 bits per heavy atom. The predicted octanol–water partition coefficient (Wildman–Crippen LogP) is 4.96. The van der Waals surface area contributed by atoms with Crippen LogP contribution >= 0.6 is 11.3 Å². The summed E-state index contributed by atoms with van der Waals surface area (Å²) in [6, 6.07) is 21.5. The van der Waals surface area contributed by atoms with Crippen LogP contribution in [0.1, 0.15) is 34.1 Å². The monoisotopic (exact) mass is 470 g/mol. The van der Waals surface area contributed by atoms with Gasteiger partial charge in [0, 0.05) is 12.2 Å². The Kier molecular flexibility index (Phi) is 5.57. The highest BCUT2D eigenvalue weighted by Gasteiger charge is 2.48. The van der Waals surface area contributed by atoms with Crippen molar-refractivity contribution in [1.29, 1.82) is 0 Å². The van der Waals surface area contributed by atoms with Crippen LogP contribution in [0, 0.1) is 13.8 Å². The van der Waals surface area contributed by atoms with Crippen molar-refractivity contribution in [2.45, 2.75) is 39.4 Å². The van der Waals surface area contributed by atoms with Gasteiger partial charge < -0.3 is 5.32 Å². The second-order valence-corrected chi connectivity index (χ2v) is 9.92. The Balaban J connectivity index is 1.53. The number of benzene rings is 2. The molecule has 3 heterocycles. The minimum atomic E-state index is -1.15. The molecule has 0 unspecified atom stereocenters. The number of amides is 2. The van der Waals surface area contributed by atoms with Gasteiger partial charge in [-0.25, -0.2) is 0 Å². The summed E-state index contributed by atoms with van der Waals surface area (Å²) in [5, 5.41) is 9.74. The molecule has 1 aliphatic heterocycles. The zero-order chi connectivity index (χ0) is 23.9. The first-order chi connectivity index (χ1) is 16.3. The maximum absolute atomic E-state index is 13.8. The summed E-state index contributed by atoms with van der Waals surface area (Å²) in [5.41, 5.74) is 3.99. The molecule has 0 bridgehead atoms. The van der Waals surface area contributed by atoms with Crippen molar-refractivity contribution in [3.8, 4) is 10.6 Å². The van der Waals surface area contributed by atoms with E-state index in [1.165, 1.54) is 0 Å². The molecule has 4 aromatic rings. The molecule has 2 amide bonds. The van der Waals surface area contributed by atoms with Crippen LogP contribution in [-0.4, -0.2) is 27.1 Å². The van der Waals surface area contributed by atoms with E-state index in [1.54, 1.807) is 20.9 Å². The van der Waals surface area contributed by atoms with Gasteiger partial charge in [-0.05, 0) is 56.0 Å². The Bertz CT molecular complexity index is 1360. The summed E-state index contributed by atoms with van der Waals surface area (Å²) in [4.78, 5) is 30.1. The van der Waals surface area contributed by atoms with Crippen molar-refractivity contribution in [2.75, 3.05) is 4.90 Å². The van der Waals surface area contributed by atoms with Crippen molar-refractivity contribution in [3.63, 3.8) is 0 Å². The molecular formula is C27H26N4O2S. The van der Waals surface area contributed by atoms with Crippen LogP contribution in [0.3, 0.4) is 0 Å². The number of nitrogens with one attached hydrogen (secondary N) is 1. The fourth-order valence-corrected chi connectivity index (χ4v) is 5.10. The Labute approximate surface area is 202 Å². The van der Waals surface area contributed by atoms with Crippen LogP contribution in [0.2, 0.25) is 0 Å². The van der Waals surface area contributed by atoms with Gasteiger partial charge in [-0.1, -0.05) is 53.6 Å². The Hall–Kier alpha value is -3.71. The van der Waals surface area contributed by atoms with E-state index < -0.39 is 5.54 Å². The zero-order valence-electron chi connectivity index (χ0n) is 19.4. The molecule has 5 rings (SSSR count). The van der Waals surface area contributed by atoms with E-state index >= 15 is 0 Å². The first-order valence-corrected chi connectivity index (χ1v) is 12.1. The summed E-state index contributed by atoms with van der Waals surface area (Å²) in [6.45, 7) is 6.48. The highest BCUT2D eigenvalue weighted by molar-refractivity contribution is 7.13. The normalized spacial score (nSPS) is 17.5. The van der Waals surface area contributed by atoms with Gasteiger partial charge in [-0.3, -0.25) is 19.2 Å². The van der Waals surface area contributed by atoms with Gasteiger partial charge in [0.25, 0.3) is 5.91 Å². The van der Waals surface area contributed by atoms with E-state index in [1.807, 2.05) is 92.9 Å². The van der Waals surface area contributed by atoms with Crippen LogP contribution in [0.15, 0.2) is 72.1 Å². The first-order valence-electron chi connectivity index (χ1n) is 11.2. The molecule has 7 heteroatoms. The predicted molar refractivity (Wildman–Crippen MR) is 135 cm³/mol. The van der Waals surface area contributed by atoms with Gasteiger partial charge in [-0.2, -0.15) is 5.10 Å². The van der Waals surface area contributed by atoms with Crippen molar-refractivity contribution in [2.24, 2.45) is 0 Å². The molecule has 34 heavy (non-hydrogen) atoms. The van der Waals surface area contributed by atoms with Crippen LogP contribution in [-0.2, 0) is 17.9 Å². The summed E-state index contributed by atoms with van der Waals surface area (Å²) in [5.74, 6) is -0.458. The minimum absolute atomic E-state index is 0.221. The molecule has 0 fully saturated rings. The molecule has 1 N–H and O–H groups in total. The molecule has 0 radical (unpaired) electrons. The fraction of sp³-hybridized carbons (Fsp3) is 0.222. The maximum Gasteiger partial charge on any atom is 0.277 e. The van der Waals surface area contributed by atoms with Gasteiger partial charge in [0.2, 0.25) is 5.91 Å². The molecule has 172 valence electrons. The lowest BCUT2D eigenvalue weighted by Gasteiger charge is -2.43. The number of aromatic nitrogens is 2. The van der Waals surface area contributed by atoms with Gasteiger partial charge in [0.15, 0.2) is 0 Å². The number of hydrogen-bond donors (Lipinski definition) is 1. The number of rotatable bonds is 5. The topological polar surface area (TPSA) is 67.2 Å². The first kappa shape index (κ1) is 22.1. The third-order valence-electron chi connectivity index (χ3n) is 6.24. The smallest absolute Gasteiger partial charge is 0.277 e. The third kappa shape index (κ3) is 3.92. The molecule has 2 aromatic carbocycles. The molecule has 1 atom stereocenters. The fourth-order valence-electron chi connectivity index (χ4n) is 4.42. The van der Waals surface area contributed by atoms with Crippen molar-refractivity contribution >= 4 is 28.8 Å². The molecule has 0 spiro atoms. The third-order valence-corrected chi connectivity index (χ3v) is 7.14. The summed E-state index contributed by atoms with van der Waals surface area (Å²) >= 11 is 1.57. The standard InChI is InChI=1S/C27H26N4O2S/c1-18-9-11-21(12-10-18)31-25(32)23-15-22(24-8-5-13-34-24)29-30(23)17-27(31,3)26(33)28-16-20-7-4-6-19(2)14-20/h4-15H,16-17H2,1-3H3,(H,28,33)/t27-/m0/s1. The largest absolute Gasteiger partial charge is 0.350 e. The van der Waals surface area contributed by atoms with Crippen LogP contribution in [0.5, 0.6) is 0 Å². The minimum Gasteiger partial charge on any atom is -0.350 e. The summed E-state index contributed by atoms with van der Waals surface area (Å²) in [6.07, 6.45) is 0. The van der Waals surface area contributed by atoms with Crippen molar-refractivity contribution in [1.82, 2.24) is 15.1 Å². The van der Waals surface area contributed by atoms with Gasteiger partial charge in [0.05, 0.1) is 11.4 Å². The quantitative estimate of drug-likeness (QED) is 0.448. The number of thiophene rings is 1. The lowest BCUT2D eigenvalue weighted by molar-refractivity contribution is -0.126. The highest BCUT2D eigenvalue weighted by Crippen LogP contribution is 2.35. The number of aryl methyl sites for hydroxylation is 2. The van der Waals surface area contributed by atoms with E-state index in [0.29, 0.717) is 17.9 Å². The number of hydrogen-bond acceptors (Lipinski definition) is 4. The van der Waals surface area contributed by atoms with Crippen LogP contribution in [0.25, 0.3) is 10.6 Å². The van der Waals surface area contributed by atoms with Gasteiger partial charge in [-0.15, -0.1) is 11.3 Å². The van der Waals surface area contributed by atoms with Crippen LogP contribution in [0.4, 0.5) is 5.69 Å². The maximum atomic E-state index is 13.8. The van der Waals surface area contributed by atoms with Crippen LogP contribution < -0.4 is 10.2 Å². The van der Waals surface area contributed by atoms with E-state index in [-0.39, 0.29) is 18.4 Å². The molecular weight excluding hydrogens is 444 g/mol. The van der Waals surface area contributed by atoms with Crippen molar-refractivity contribution < 1.29 is 9.59 Å². The molecule has 0 saturated carbocycles. The highest BCUT2D eigenvalue weighted by atomic mass is 32.1. The zero-order valence-corrected chi connectivity index (χ0v) is 20.2. The lowest BCUT2D eigenvalue weighted by Crippen LogP contribution is -2.64. The van der Waals surface area contributed by atoms with E-state index in [9.17, 15) is 9.59 Å². The van der Waals surface area contributed by atoms with Gasteiger partial charge in [0.1, 0.15) is 16.9 Å². The number of fused-ring (bicyclic) bond motifs is 1. The van der Waals surface area contributed by atoms with Crippen molar-refractivity contribution in [3.05, 3.63) is 94.5 Å². The average Bonchev–Trinajstić information content (AvgIpc) is 3.49. The molecule has 6 nitrogen and oxygen atoms in total. The number of carbonyl (C=O) groups excluding carboxylic acids is 2. The SMILES string of the molecule is Cc1ccc(N2C(=O)c3cc(-c4cccs4)nn3C[C@@]2(C)C(=O)NCc2cccc(C)c2)cc1. The number of carbonyl (C=O) groups is 2. The van der Waals surface area contributed by atoms with E-state index in [0.717, 1.165) is 27.3 Å². The average molecular weight is 471 g/mol. The second-order valence-electron chi connectivity index (χ2n) is 8.97. The summed E-state index contributed by atoms with van der Waals surface area (Å²) in [7, 11) is 0. The van der Waals surface area contributed by atoms with E-state index in [4.69, 9.17) is 5.10 Å². The van der Waals surface area contributed by atoms with Gasteiger partial charge >= 0.3 is 0 Å². The number of nitrogens with zero attached hydrogens (tertiary/aromatic N) is 3.